The van der Waals surface area contributed by atoms with Crippen molar-refractivity contribution in [2.45, 2.75) is 26.8 Å². The minimum atomic E-state index is -0.596. The predicted octanol–water partition coefficient (Wildman–Crippen LogP) is 3.06. The molecular weight excluding hydrogens is 474 g/mol. The maximum Gasteiger partial charge on any atom is 0.338 e. The molecule has 2 aromatic heterocycles. The Kier molecular flexibility index (Phi) is 7.09. The van der Waals surface area contributed by atoms with Gasteiger partial charge in [0.2, 0.25) is 0 Å². The zero-order valence-electron chi connectivity index (χ0n) is 18.9. The van der Waals surface area contributed by atoms with E-state index in [1.807, 2.05) is 17.5 Å². The summed E-state index contributed by atoms with van der Waals surface area (Å²) in [6.45, 7) is 5.80. The van der Waals surface area contributed by atoms with E-state index in [-0.39, 0.29) is 18.1 Å². The summed E-state index contributed by atoms with van der Waals surface area (Å²) in [6, 6.07) is 9.96. The van der Waals surface area contributed by atoms with Crippen LogP contribution in [0.3, 0.4) is 0 Å². The smallest absolute Gasteiger partial charge is 0.338 e. The number of hydrogen-bond donors (Lipinski definition) is 1. The van der Waals surface area contributed by atoms with Gasteiger partial charge in [-0.2, -0.15) is 0 Å². The fourth-order valence-corrected chi connectivity index (χ4v) is 5.37. The Hall–Kier alpha value is -3.50. The van der Waals surface area contributed by atoms with Crippen LogP contribution in [0.15, 0.2) is 62.8 Å². The van der Waals surface area contributed by atoms with Gasteiger partial charge in [0.1, 0.15) is 10.6 Å². The van der Waals surface area contributed by atoms with E-state index in [0.29, 0.717) is 38.5 Å². The molecule has 0 radical (unpaired) electrons. The van der Waals surface area contributed by atoms with Crippen LogP contribution < -0.4 is 20.2 Å². The van der Waals surface area contributed by atoms with Crippen LogP contribution in [0.25, 0.3) is 6.20 Å². The number of benzene rings is 1. The van der Waals surface area contributed by atoms with Gasteiger partial charge in [-0.05, 0) is 56.5 Å². The first-order chi connectivity index (χ1) is 16.4. The Morgan fingerprint density at radius 1 is 1.12 bits per heavy atom. The van der Waals surface area contributed by atoms with Crippen LogP contribution in [0, 0.1) is 0 Å². The van der Waals surface area contributed by atoms with Gasteiger partial charge < -0.3 is 14.8 Å². The molecule has 176 valence electrons. The first kappa shape index (κ1) is 23.7. The Balaban J connectivity index is 1.71. The van der Waals surface area contributed by atoms with Crippen molar-refractivity contribution in [1.82, 2.24) is 4.57 Å². The van der Waals surface area contributed by atoms with Crippen LogP contribution in [0.5, 0.6) is 0 Å². The largest absolute Gasteiger partial charge is 0.463 e. The van der Waals surface area contributed by atoms with Crippen LogP contribution in [-0.2, 0) is 14.3 Å². The molecular formula is C24H23N3O5S2. The maximum absolute atomic E-state index is 13.4. The standard InChI is InChI=1S/C24H23N3O5S2/c1-4-31-22(29)15-8-10-16(11-9-15)25-13-18-21(28)27-20(17-7-6-12-33-17)19(23(30)32-5-2)14(3)26-24(27)34-18/h6-13,20,25H,4-5H2,1-3H3/b18-13-/t20-/m1/s1. The number of fused-ring (bicyclic) bond motifs is 1. The number of thiazole rings is 1. The summed E-state index contributed by atoms with van der Waals surface area (Å²) in [4.78, 5) is 43.9. The minimum Gasteiger partial charge on any atom is -0.463 e. The van der Waals surface area contributed by atoms with Gasteiger partial charge in [-0.3, -0.25) is 9.36 Å². The molecule has 0 aliphatic carbocycles. The van der Waals surface area contributed by atoms with Crippen LogP contribution in [0.2, 0.25) is 0 Å². The molecule has 4 rings (SSSR count). The Morgan fingerprint density at radius 2 is 1.82 bits per heavy atom. The molecule has 8 nitrogen and oxygen atoms in total. The van der Waals surface area contributed by atoms with Gasteiger partial charge in [-0.1, -0.05) is 17.4 Å². The molecule has 0 unspecified atom stereocenters. The van der Waals surface area contributed by atoms with E-state index in [9.17, 15) is 14.4 Å². The fraction of sp³-hybridized carbons (Fsp3) is 0.250. The molecule has 1 aliphatic rings. The summed E-state index contributed by atoms with van der Waals surface area (Å²) >= 11 is 2.70. The highest BCUT2D eigenvalue weighted by Crippen LogP contribution is 2.33. The van der Waals surface area contributed by atoms with E-state index in [4.69, 9.17) is 9.47 Å². The number of hydrogen-bond acceptors (Lipinski definition) is 9. The first-order valence-electron chi connectivity index (χ1n) is 10.7. The Morgan fingerprint density at radius 3 is 2.47 bits per heavy atom. The van der Waals surface area contributed by atoms with Gasteiger partial charge in [0.05, 0.1) is 30.0 Å². The van der Waals surface area contributed by atoms with Crippen molar-refractivity contribution in [3.05, 3.63) is 83.2 Å². The number of aromatic nitrogens is 1. The molecule has 0 spiro atoms. The molecule has 0 saturated carbocycles. The lowest BCUT2D eigenvalue weighted by molar-refractivity contribution is -0.139. The SMILES string of the molecule is CCOC(=O)C1=C(C)N=c2s/c(=C\Nc3ccc(C(=O)OCC)cc3)c(=O)n2[C@@H]1c1cccs1. The van der Waals surface area contributed by atoms with Gasteiger partial charge in [0, 0.05) is 16.8 Å². The molecule has 0 bridgehead atoms. The third-order valence-corrected chi connectivity index (χ3v) is 7.00. The van der Waals surface area contributed by atoms with Crippen LogP contribution in [-0.4, -0.2) is 29.7 Å². The Bertz CT molecular complexity index is 1420. The summed E-state index contributed by atoms with van der Waals surface area (Å²) in [5, 5.41) is 5.01. The second-order valence-corrected chi connectivity index (χ2v) is 9.25. The van der Waals surface area contributed by atoms with Crippen molar-refractivity contribution in [3.8, 4) is 0 Å². The summed E-state index contributed by atoms with van der Waals surface area (Å²) in [5.41, 5.74) is 1.80. The van der Waals surface area contributed by atoms with Gasteiger partial charge >= 0.3 is 11.9 Å². The number of anilines is 1. The zero-order chi connectivity index (χ0) is 24.2. The van der Waals surface area contributed by atoms with E-state index in [2.05, 4.69) is 10.3 Å². The molecule has 1 aromatic carbocycles. The normalized spacial score (nSPS) is 15.5. The minimum absolute atomic E-state index is 0.232. The van der Waals surface area contributed by atoms with Crippen LogP contribution in [0.1, 0.15) is 42.0 Å². The predicted molar refractivity (Wildman–Crippen MR) is 132 cm³/mol. The van der Waals surface area contributed by atoms with Crippen molar-refractivity contribution in [2.24, 2.45) is 4.99 Å². The van der Waals surface area contributed by atoms with E-state index in [0.717, 1.165) is 4.88 Å². The fourth-order valence-electron chi connectivity index (χ4n) is 3.57. The summed E-state index contributed by atoms with van der Waals surface area (Å²) in [5.74, 6) is -0.861. The third-order valence-electron chi connectivity index (χ3n) is 5.10. The monoisotopic (exact) mass is 497 g/mol. The molecule has 3 heterocycles. The van der Waals surface area contributed by atoms with Gasteiger partial charge in [0.15, 0.2) is 4.80 Å². The quantitative estimate of drug-likeness (QED) is 0.504. The van der Waals surface area contributed by atoms with E-state index in [1.54, 1.807) is 55.8 Å². The lowest BCUT2D eigenvalue weighted by Gasteiger charge is -2.23. The first-order valence-corrected chi connectivity index (χ1v) is 12.4. The van der Waals surface area contributed by atoms with Crippen molar-refractivity contribution in [1.29, 1.82) is 0 Å². The van der Waals surface area contributed by atoms with Gasteiger partial charge in [-0.25, -0.2) is 14.6 Å². The van der Waals surface area contributed by atoms with Crippen molar-refractivity contribution in [2.75, 3.05) is 18.5 Å². The number of allylic oxidation sites excluding steroid dienone is 1. The number of esters is 2. The second kappa shape index (κ2) is 10.2. The van der Waals surface area contributed by atoms with Crippen molar-refractivity contribution < 1.29 is 19.1 Å². The highest BCUT2D eigenvalue weighted by atomic mass is 32.1. The molecule has 10 heteroatoms. The van der Waals surface area contributed by atoms with Crippen molar-refractivity contribution >= 4 is 46.5 Å². The number of thiophene rings is 1. The molecule has 1 atom stereocenters. The van der Waals surface area contributed by atoms with E-state index < -0.39 is 12.0 Å². The lowest BCUT2D eigenvalue weighted by atomic mass is 10.0. The number of ether oxygens (including phenoxy) is 2. The van der Waals surface area contributed by atoms with Gasteiger partial charge in [-0.15, -0.1) is 11.3 Å². The number of rotatable bonds is 7. The molecule has 34 heavy (non-hydrogen) atoms. The molecule has 0 saturated heterocycles. The average molecular weight is 498 g/mol. The zero-order valence-corrected chi connectivity index (χ0v) is 20.5. The van der Waals surface area contributed by atoms with Crippen molar-refractivity contribution in [3.63, 3.8) is 0 Å². The number of carbonyl (C=O) groups is 2. The second-order valence-electron chi connectivity index (χ2n) is 7.26. The number of carbonyl (C=O) groups excluding carboxylic acids is 2. The molecule has 0 amide bonds. The average Bonchev–Trinajstić information content (AvgIpc) is 3.46. The van der Waals surface area contributed by atoms with Gasteiger partial charge in [0.25, 0.3) is 5.56 Å². The summed E-state index contributed by atoms with van der Waals surface area (Å²) in [7, 11) is 0. The molecule has 1 aliphatic heterocycles. The molecule has 0 fully saturated rings. The van der Waals surface area contributed by atoms with E-state index >= 15 is 0 Å². The summed E-state index contributed by atoms with van der Waals surface area (Å²) in [6.07, 6.45) is 1.61. The maximum atomic E-state index is 13.4. The van der Waals surface area contributed by atoms with Crippen LogP contribution in [0.4, 0.5) is 5.69 Å². The number of nitrogens with zero attached hydrogens (tertiary/aromatic N) is 2. The summed E-state index contributed by atoms with van der Waals surface area (Å²) < 4.78 is 12.3. The third kappa shape index (κ3) is 4.59. The topological polar surface area (TPSA) is 99.0 Å². The lowest BCUT2D eigenvalue weighted by Crippen LogP contribution is -2.39. The molecule has 1 N–H and O–H groups in total. The van der Waals surface area contributed by atoms with Crippen LogP contribution >= 0.6 is 22.7 Å². The highest BCUT2D eigenvalue weighted by Gasteiger charge is 2.33. The molecule has 3 aromatic rings. The van der Waals surface area contributed by atoms with E-state index in [1.165, 1.54) is 22.7 Å². The Labute approximate surface area is 203 Å². The highest BCUT2D eigenvalue weighted by molar-refractivity contribution is 7.10. The number of nitrogens with one attached hydrogen (secondary N) is 1.